The lowest BCUT2D eigenvalue weighted by atomic mass is 10.2. The standard InChI is InChI=1S/C7H3BrN4O3/c8-5-2-3(12(14)15)1-4-6(5)9-11-10-7(4)13/h1-2H,(H,9,10,13). The lowest BCUT2D eigenvalue weighted by Gasteiger charge is -1.97. The molecule has 2 rings (SSSR count). The van der Waals surface area contributed by atoms with E-state index in [9.17, 15) is 14.9 Å². The second kappa shape index (κ2) is 3.39. The summed E-state index contributed by atoms with van der Waals surface area (Å²) in [5.74, 6) is 0. The molecule has 76 valence electrons. The Kier molecular flexibility index (Phi) is 2.19. The van der Waals surface area contributed by atoms with Gasteiger partial charge in [0.2, 0.25) is 0 Å². The summed E-state index contributed by atoms with van der Waals surface area (Å²) in [6.45, 7) is 0. The molecule has 2 aromatic rings. The topological polar surface area (TPSA) is 102 Å². The van der Waals surface area contributed by atoms with Gasteiger partial charge in [0.1, 0.15) is 5.52 Å². The third-order valence-electron chi connectivity index (χ3n) is 1.81. The van der Waals surface area contributed by atoms with Gasteiger partial charge < -0.3 is 0 Å². The average molecular weight is 271 g/mol. The first-order valence-electron chi connectivity index (χ1n) is 3.78. The fourth-order valence-electron chi connectivity index (χ4n) is 1.15. The number of benzene rings is 1. The van der Waals surface area contributed by atoms with E-state index in [1.165, 1.54) is 6.07 Å². The normalized spacial score (nSPS) is 10.5. The van der Waals surface area contributed by atoms with E-state index in [1.54, 1.807) is 0 Å². The number of nitro groups is 1. The van der Waals surface area contributed by atoms with Crippen LogP contribution in [0.5, 0.6) is 0 Å². The average Bonchev–Trinajstić information content (AvgIpc) is 2.19. The summed E-state index contributed by atoms with van der Waals surface area (Å²) in [6.07, 6.45) is 0. The molecule has 0 radical (unpaired) electrons. The van der Waals surface area contributed by atoms with Gasteiger partial charge in [0.15, 0.2) is 0 Å². The van der Waals surface area contributed by atoms with Crippen LogP contribution in [0.1, 0.15) is 0 Å². The minimum Gasteiger partial charge on any atom is -0.267 e. The molecule has 0 spiro atoms. The van der Waals surface area contributed by atoms with Crippen molar-refractivity contribution in [1.29, 1.82) is 0 Å². The third kappa shape index (κ3) is 1.59. The van der Waals surface area contributed by atoms with E-state index in [4.69, 9.17) is 0 Å². The monoisotopic (exact) mass is 270 g/mol. The van der Waals surface area contributed by atoms with Gasteiger partial charge in [-0.15, -0.1) is 5.10 Å². The van der Waals surface area contributed by atoms with Crippen molar-refractivity contribution in [2.45, 2.75) is 0 Å². The molecule has 0 aliphatic rings. The highest BCUT2D eigenvalue weighted by Crippen LogP contribution is 2.25. The summed E-state index contributed by atoms with van der Waals surface area (Å²) in [5.41, 5.74) is -0.387. The smallest absolute Gasteiger partial charge is 0.267 e. The number of aromatic amines is 1. The second-order valence-electron chi connectivity index (χ2n) is 2.72. The van der Waals surface area contributed by atoms with Crippen molar-refractivity contribution in [3.05, 3.63) is 37.1 Å². The van der Waals surface area contributed by atoms with E-state index in [2.05, 4.69) is 31.3 Å². The maximum absolute atomic E-state index is 11.3. The van der Waals surface area contributed by atoms with Crippen LogP contribution >= 0.6 is 15.9 Å². The number of aromatic nitrogens is 3. The van der Waals surface area contributed by atoms with Gasteiger partial charge in [0, 0.05) is 12.1 Å². The molecule has 0 fully saturated rings. The fraction of sp³-hybridized carbons (Fsp3) is 0. The first kappa shape index (κ1) is 9.71. The molecule has 0 unspecified atom stereocenters. The van der Waals surface area contributed by atoms with E-state index < -0.39 is 10.5 Å². The number of halogens is 1. The molecular weight excluding hydrogens is 268 g/mol. The highest BCUT2D eigenvalue weighted by molar-refractivity contribution is 9.10. The number of fused-ring (bicyclic) bond motifs is 1. The highest BCUT2D eigenvalue weighted by atomic mass is 79.9. The molecule has 0 aliphatic carbocycles. The Morgan fingerprint density at radius 1 is 1.47 bits per heavy atom. The lowest BCUT2D eigenvalue weighted by Crippen LogP contribution is -2.10. The summed E-state index contributed by atoms with van der Waals surface area (Å²) in [5, 5.41) is 19.8. The van der Waals surface area contributed by atoms with Crippen molar-refractivity contribution in [1.82, 2.24) is 15.4 Å². The summed E-state index contributed by atoms with van der Waals surface area (Å²) < 4.78 is 0.366. The van der Waals surface area contributed by atoms with Gasteiger partial charge in [-0.2, -0.15) is 0 Å². The van der Waals surface area contributed by atoms with Crippen LogP contribution in [0.2, 0.25) is 0 Å². The van der Waals surface area contributed by atoms with Crippen molar-refractivity contribution < 1.29 is 4.92 Å². The van der Waals surface area contributed by atoms with Crippen LogP contribution < -0.4 is 5.56 Å². The Morgan fingerprint density at radius 3 is 2.87 bits per heavy atom. The summed E-state index contributed by atoms with van der Waals surface area (Å²) >= 11 is 3.09. The number of non-ortho nitro benzene ring substituents is 1. The molecule has 0 atom stereocenters. The molecule has 0 amide bonds. The predicted octanol–water partition coefficient (Wildman–Crippen LogP) is 0.989. The number of nitro benzene ring substituents is 1. The van der Waals surface area contributed by atoms with Crippen LogP contribution in [0, 0.1) is 10.1 Å². The molecule has 0 saturated carbocycles. The maximum Gasteiger partial charge on any atom is 0.275 e. The Bertz CT molecular complexity index is 609. The van der Waals surface area contributed by atoms with Gasteiger partial charge in [-0.25, -0.2) is 5.10 Å². The van der Waals surface area contributed by atoms with Crippen LogP contribution in [0.25, 0.3) is 10.9 Å². The van der Waals surface area contributed by atoms with Crippen molar-refractivity contribution in [2.24, 2.45) is 0 Å². The molecule has 7 nitrogen and oxygen atoms in total. The summed E-state index contributed by atoms with van der Waals surface area (Å²) in [4.78, 5) is 21.3. The molecule has 1 aromatic heterocycles. The quantitative estimate of drug-likeness (QED) is 0.615. The minimum absolute atomic E-state index is 0.131. The Hall–Kier alpha value is -1.83. The molecule has 1 N–H and O–H groups in total. The van der Waals surface area contributed by atoms with E-state index >= 15 is 0 Å². The molecule has 15 heavy (non-hydrogen) atoms. The molecule has 1 heterocycles. The third-order valence-corrected chi connectivity index (χ3v) is 2.41. The molecule has 8 heteroatoms. The van der Waals surface area contributed by atoms with Crippen LogP contribution in [0.15, 0.2) is 21.4 Å². The lowest BCUT2D eigenvalue weighted by molar-refractivity contribution is -0.384. The molecule has 1 aromatic carbocycles. The number of rotatable bonds is 1. The Morgan fingerprint density at radius 2 is 2.20 bits per heavy atom. The largest absolute Gasteiger partial charge is 0.275 e. The molecule has 0 aliphatic heterocycles. The SMILES string of the molecule is O=c1[nH]nnc2c(Br)cc([N+](=O)[O-])cc12. The fourth-order valence-corrected chi connectivity index (χ4v) is 1.67. The van der Waals surface area contributed by atoms with Crippen LogP contribution in [-0.2, 0) is 0 Å². The molecule has 0 saturated heterocycles. The Balaban J connectivity index is 2.92. The van der Waals surface area contributed by atoms with Gasteiger partial charge in [-0.1, -0.05) is 5.21 Å². The maximum atomic E-state index is 11.3. The predicted molar refractivity (Wildman–Crippen MR) is 54.5 cm³/mol. The first-order valence-corrected chi connectivity index (χ1v) is 4.58. The zero-order chi connectivity index (χ0) is 11.0. The molecule has 0 bridgehead atoms. The van der Waals surface area contributed by atoms with Gasteiger partial charge in [-0.3, -0.25) is 14.9 Å². The van der Waals surface area contributed by atoms with E-state index in [-0.39, 0.29) is 11.1 Å². The van der Waals surface area contributed by atoms with Gasteiger partial charge in [-0.05, 0) is 15.9 Å². The highest BCUT2D eigenvalue weighted by Gasteiger charge is 2.13. The van der Waals surface area contributed by atoms with Crippen LogP contribution in [-0.4, -0.2) is 20.3 Å². The number of hydrogen-bond donors (Lipinski definition) is 1. The second-order valence-corrected chi connectivity index (χ2v) is 3.58. The van der Waals surface area contributed by atoms with Gasteiger partial charge >= 0.3 is 0 Å². The van der Waals surface area contributed by atoms with E-state index in [1.807, 2.05) is 0 Å². The number of H-pyrrole nitrogens is 1. The summed E-state index contributed by atoms with van der Waals surface area (Å²) in [7, 11) is 0. The number of nitrogens with one attached hydrogen (secondary N) is 1. The van der Waals surface area contributed by atoms with Gasteiger partial charge in [0.05, 0.1) is 14.8 Å². The van der Waals surface area contributed by atoms with Gasteiger partial charge in [0.25, 0.3) is 11.2 Å². The zero-order valence-corrected chi connectivity index (χ0v) is 8.69. The Labute approximate surface area is 90.4 Å². The van der Waals surface area contributed by atoms with Crippen LogP contribution in [0.4, 0.5) is 5.69 Å². The van der Waals surface area contributed by atoms with Crippen molar-refractivity contribution in [2.75, 3.05) is 0 Å². The number of hydrogen-bond acceptors (Lipinski definition) is 5. The van der Waals surface area contributed by atoms with E-state index in [0.717, 1.165) is 6.07 Å². The van der Waals surface area contributed by atoms with Crippen molar-refractivity contribution >= 4 is 32.5 Å². The first-order chi connectivity index (χ1) is 7.09. The minimum atomic E-state index is -0.579. The number of nitrogens with zero attached hydrogens (tertiary/aromatic N) is 3. The van der Waals surface area contributed by atoms with Crippen molar-refractivity contribution in [3.8, 4) is 0 Å². The molecular formula is C7H3BrN4O3. The van der Waals surface area contributed by atoms with Crippen molar-refractivity contribution in [3.63, 3.8) is 0 Å². The van der Waals surface area contributed by atoms with E-state index in [0.29, 0.717) is 9.99 Å². The van der Waals surface area contributed by atoms with Crippen LogP contribution in [0.3, 0.4) is 0 Å². The zero-order valence-electron chi connectivity index (χ0n) is 7.10. The summed E-state index contributed by atoms with van der Waals surface area (Å²) in [6, 6.07) is 2.43.